The number of hydrogen-bond donors (Lipinski definition) is 0. The molecule has 7 rings (SSSR count). The van der Waals surface area contributed by atoms with Gasteiger partial charge in [-0.1, -0.05) is 11.3 Å². The van der Waals surface area contributed by atoms with Crippen molar-refractivity contribution >= 4 is 5.65 Å². The van der Waals surface area contributed by atoms with Crippen LogP contribution in [0.25, 0.3) is 16.9 Å². The number of imidazole rings is 1. The van der Waals surface area contributed by atoms with Gasteiger partial charge in [0.25, 0.3) is 0 Å². The van der Waals surface area contributed by atoms with Crippen LogP contribution in [0.1, 0.15) is 55.4 Å². The highest BCUT2D eigenvalue weighted by atomic mass is 16.5. The first-order valence-corrected chi connectivity index (χ1v) is 13.4. The average molecular weight is 521 g/mol. The molecule has 7 heterocycles. The highest BCUT2D eigenvalue weighted by molar-refractivity contribution is 5.68. The molecule has 3 aliphatic rings. The monoisotopic (exact) mass is 520 g/mol. The van der Waals surface area contributed by atoms with Crippen molar-refractivity contribution in [2.24, 2.45) is 0 Å². The molecule has 39 heavy (non-hydrogen) atoms. The molecule has 3 saturated heterocycles. The van der Waals surface area contributed by atoms with Gasteiger partial charge in [-0.3, -0.25) is 14.3 Å². The van der Waals surface area contributed by atoms with Gasteiger partial charge in [0.2, 0.25) is 5.88 Å². The molecule has 0 aliphatic carbocycles. The van der Waals surface area contributed by atoms with Crippen LogP contribution in [0.4, 0.5) is 0 Å². The van der Waals surface area contributed by atoms with Crippen molar-refractivity contribution < 1.29 is 4.74 Å². The fraction of sp³-hybridized carbons (Fsp3) is 0.429. The third kappa shape index (κ3) is 3.73. The molecule has 4 aromatic heterocycles. The van der Waals surface area contributed by atoms with Gasteiger partial charge in [0.05, 0.1) is 29.7 Å². The molecule has 3 aliphatic heterocycles. The second-order valence-electron chi connectivity index (χ2n) is 10.7. The number of ether oxygens (including phenoxy) is 1. The Bertz CT molecular complexity index is 1620. The second kappa shape index (κ2) is 9.07. The van der Waals surface area contributed by atoms with Crippen molar-refractivity contribution in [1.82, 2.24) is 39.2 Å². The van der Waals surface area contributed by atoms with Crippen molar-refractivity contribution in [2.45, 2.75) is 63.4 Å². The van der Waals surface area contributed by atoms with Crippen molar-refractivity contribution in [1.29, 1.82) is 10.5 Å². The summed E-state index contributed by atoms with van der Waals surface area (Å²) in [6, 6.07) is 13.2. The smallest absolute Gasteiger partial charge is 0.201 e. The fourth-order valence-corrected chi connectivity index (χ4v) is 6.61. The number of hydrogen-bond acceptors (Lipinski definition) is 9. The first kappa shape index (κ1) is 23.6. The predicted octanol–water partition coefficient (Wildman–Crippen LogP) is 3.25. The summed E-state index contributed by atoms with van der Waals surface area (Å²) >= 11 is 0. The average Bonchev–Trinajstić information content (AvgIpc) is 3.70. The first-order chi connectivity index (χ1) is 19.1. The molecule has 0 N–H and O–H groups in total. The number of likely N-dealkylation sites (tertiary alicyclic amines) is 1. The summed E-state index contributed by atoms with van der Waals surface area (Å²) in [4.78, 5) is 13.4. The molecule has 11 heteroatoms. The lowest BCUT2D eigenvalue weighted by molar-refractivity contribution is 0.0360. The normalized spacial score (nSPS) is 23.5. The van der Waals surface area contributed by atoms with Crippen molar-refractivity contribution in [3.8, 4) is 29.4 Å². The predicted molar refractivity (Wildman–Crippen MR) is 140 cm³/mol. The van der Waals surface area contributed by atoms with E-state index >= 15 is 0 Å². The summed E-state index contributed by atoms with van der Waals surface area (Å²) < 4.78 is 10.1. The Morgan fingerprint density at radius 1 is 1.08 bits per heavy atom. The van der Waals surface area contributed by atoms with Gasteiger partial charge in [0, 0.05) is 43.0 Å². The molecule has 0 saturated carbocycles. The molecule has 0 amide bonds. The van der Waals surface area contributed by atoms with Crippen LogP contribution < -0.4 is 4.74 Å². The lowest BCUT2D eigenvalue weighted by atomic mass is 9.91. The van der Waals surface area contributed by atoms with E-state index in [-0.39, 0.29) is 12.1 Å². The van der Waals surface area contributed by atoms with Gasteiger partial charge in [0.1, 0.15) is 29.2 Å². The van der Waals surface area contributed by atoms with E-state index in [2.05, 4.69) is 37.4 Å². The Hall–Kier alpha value is -4.48. The van der Waals surface area contributed by atoms with E-state index in [9.17, 15) is 10.5 Å². The van der Waals surface area contributed by atoms with E-state index in [0.29, 0.717) is 35.3 Å². The number of nitriles is 2. The molecule has 196 valence electrons. The Morgan fingerprint density at radius 3 is 2.69 bits per heavy atom. The van der Waals surface area contributed by atoms with E-state index in [0.717, 1.165) is 55.0 Å². The maximum absolute atomic E-state index is 9.66. The number of pyridine rings is 2. The van der Waals surface area contributed by atoms with Crippen LogP contribution in [-0.4, -0.2) is 70.4 Å². The van der Waals surface area contributed by atoms with Crippen LogP contribution in [0.2, 0.25) is 0 Å². The molecule has 0 aromatic carbocycles. The Kier molecular flexibility index (Phi) is 5.49. The minimum Gasteiger partial charge on any atom is -0.469 e. The zero-order valence-electron chi connectivity index (χ0n) is 21.8. The summed E-state index contributed by atoms with van der Waals surface area (Å²) in [5, 5.41) is 28.3. The van der Waals surface area contributed by atoms with Crippen LogP contribution in [-0.2, 0) is 0 Å². The molecule has 2 unspecified atom stereocenters. The SMILES string of the molecule is Cc1c(-c2cc(O[C@H](C)c3ccccn3)n3c(C#N)cnc3c2)nnn1C1CN([C@@H]2CC3CCC2N3C#N)C1. The van der Waals surface area contributed by atoms with E-state index in [1.165, 1.54) is 0 Å². The number of fused-ring (bicyclic) bond motifs is 3. The molecule has 2 bridgehead atoms. The maximum atomic E-state index is 9.66. The third-order valence-electron chi connectivity index (χ3n) is 8.62. The van der Waals surface area contributed by atoms with E-state index in [4.69, 9.17) is 4.74 Å². The van der Waals surface area contributed by atoms with Gasteiger partial charge in [-0.15, -0.1) is 5.10 Å². The van der Waals surface area contributed by atoms with Crippen LogP contribution in [0.5, 0.6) is 5.88 Å². The maximum Gasteiger partial charge on any atom is 0.201 e. The number of aromatic nitrogens is 6. The van der Waals surface area contributed by atoms with Crippen LogP contribution in [0.3, 0.4) is 0 Å². The Labute approximate surface area is 225 Å². The van der Waals surface area contributed by atoms with Crippen LogP contribution >= 0.6 is 0 Å². The topological polar surface area (TPSA) is 124 Å². The molecule has 0 spiro atoms. The Morgan fingerprint density at radius 2 is 1.95 bits per heavy atom. The zero-order valence-corrected chi connectivity index (χ0v) is 21.8. The number of nitrogens with zero attached hydrogens (tertiary/aromatic N) is 10. The highest BCUT2D eigenvalue weighted by Gasteiger charge is 2.51. The third-order valence-corrected chi connectivity index (χ3v) is 8.62. The van der Waals surface area contributed by atoms with Gasteiger partial charge in [-0.2, -0.15) is 10.5 Å². The van der Waals surface area contributed by atoms with Crippen LogP contribution in [0, 0.1) is 29.7 Å². The van der Waals surface area contributed by atoms with Gasteiger partial charge in [-0.05, 0) is 51.3 Å². The molecule has 4 atom stereocenters. The highest BCUT2D eigenvalue weighted by Crippen LogP contribution is 2.42. The van der Waals surface area contributed by atoms with Crippen molar-refractivity contribution in [3.05, 3.63) is 59.8 Å². The van der Waals surface area contributed by atoms with Crippen molar-refractivity contribution in [2.75, 3.05) is 13.1 Å². The van der Waals surface area contributed by atoms with Gasteiger partial charge < -0.3 is 9.64 Å². The zero-order chi connectivity index (χ0) is 26.7. The van der Waals surface area contributed by atoms with Gasteiger partial charge in [0.15, 0.2) is 6.19 Å². The first-order valence-electron chi connectivity index (χ1n) is 13.4. The molecule has 11 nitrogen and oxygen atoms in total. The number of rotatable bonds is 6. The lowest BCUT2D eigenvalue weighted by Gasteiger charge is -2.45. The summed E-state index contributed by atoms with van der Waals surface area (Å²) in [7, 11) is 0. The molecule has 3 fully saturated rings. The quantitative estimate of drug-likeness (QED) is 0.352. The van der Waals surface area contributed by atoms with Crippen molar-refractivity contribution in [3.63, 3.8) is 0 Å². The minimum atomic E-state index is -0.334. The standard InChI is InChI=1S/C28H28N10O/c1-17-28(33-34-38(17)22-14-35(15-22)25-11-20-6-7-24(25)36(20)16-30)19-9-26-32-13-21(12-29)37(26)27(10-19)39-18(2)23-5-3-4-8-31-23/h3-5,8-10,13,18,20,22,24-25H,6-7,11,14-15H2,1-2H3/t18-,20?,24?,25-/m1/s1. The molecular formula is C28H28N10O. The molecular weight excluding hydrogens is 492 g/mol. The summed E-state index contributed by atoms with van der Waals surface area (Å²) in [6.07, 6.45) is 8.71. The van der Waals surface area contributed by atoms with Gasteiger partial charge in [-0.25, -0.2) is 9.67 Å². The second-order valence-corrected chi connectivity index (χ2v) is 10.7. The summed E-state index contributed by atoms with van der Waals surface area (Å²) in [6.45, 7) is 5.80. The van der Waals surface area contributed by atoms with Crippen LogP contribution in [0.15, 0.2) is 42.7 Å². The largest absolute Gasteiger partial charge is 0.469 e. The molecule has 0 radical (unpaired) electrons. The fourth-order valence-electron chi connectivity index (χ4n) is 6.61. The summed E-state index contributed by atoms with van der Waals surface area (Å²) in [5.74, 6) is 0.497. The lowest BCUT2D eigenvalue weighted by Crippen LogP contribution is -2.56. The van der Waals surface area contributed by atoms with E-state index in [1.54, 1.807) is 16.8 Å². The molecule has 4 aromatic rings. The van der Waals surface area contributed by atoms with Gasteiger partial charge >= 0.3 is 0 Å². The Balaban J connectivity index is 1.15. The minimum absolute atomic E-state index is 0.251. The van der Waals surface area contributed by atoms with E-state index < -0.39 is 0 Å². The summed E-state index contributed by atoms with van der Waals surface area (Å²) in [5.41, 5.74) is 4.37. The van der Waals surface area contributed by atoms with E-state index in [1.807, 2.05) is 53.8 Å².